The summed E-state index contributed by atoms with van der Waals surface area (Å²) in [5.41, 5.74) is -0.0908. The topological polar surface area (TPSA) is 69.6 Å². The zero-order chi connectivity index (χ0) is 15.1. The fourth-order valence-corrected chi connectivity index (χ4v) is 1.54. The molecule has 2 amide bonds. The maximum absolute atomic E-state index is 13.3. The van der Waals surface area contributed by atoms with Gasteiger partial charge in [-0.25, -0.2) is 4.39 Å². The summed E-state index contributed by atoms with van der Waals surface area (Å²) in [7, 11) is 1.58. The summed E-state index contributed by atoms with van der Waals surface area (Å²) in [5, 5.41) is 11.5. The van der Waals surface area contributed by atoms with Gasteiger partial charge in [-0.15, -0.1) is 0 Å². The first kappa shape index (κ1) is 16.1. The van der Waals surface area contributed by atoms with Gasteiger partial charge in [0, 0.05) is 13.6 Å². The minimum Gasteiger partial charge on any atom is -0.393 e. The van der Waals surface area contributed by atoms with Crippen LogP contribution >= 0.6 is 0 Å². The van der Waals surface area contributed by atoms with E-state index in [-0.39, 0.29) is 18.0 Å². The minimum atomic E-state index is -0.625. The highest BCUT2D eigenvalue weighted by Gasteiger charge is 2.14. The van der Waals surface area contributed by atoms with Crippen LogP contribution in [0.5, 0.6) is 0 Å². The first-order valence-electron chi connectivity index (χ1n) is 6.36. The second-order valence-electron chi connectivity index (χ2n) is 4.62. The molecule has 0 saturated carbocycles. The van der Waals surface area contributed by atoms with Crippen molar-refractivity contribution in [2.45, 2.75) is 19.4 Å². The van der Waals surface area contributed by atoms with Crippen LogP contribution in [0, 0.1) is 5.82 Å². The van der Waals surface area contributed by atoms with E-state index in [0.717, 1.165) is 0 Å². The summed E-state index contributed by atoms with van der Waals surface area (Å²) in [6.45, 7) is 1.83. The molecule has 2 N–H and O–H groups in total. The van der Waals surface area contributed by atoms with Crippen molar-refractivity contribution < 1.29 is 19.1 Å². The van der Waals surface area contributed by atoms with Crippen LogP contribution in [0.4, 0.5) is 4.39 Å². The van der Waals surface area contributed by atoms with Crippen LogP contribution in [-0.4, -0.2) is 48.1 Å². The highest BCUT2D eigenvalue weighted by atomic mass is 19.1. The van der Waals surface area contributed by atoms with Gasteiger partial charge in [0.15, 0.2) is 0 Å². The lowest BCUT2D eigenvalue weighted by molar-refractivity contribution is -0.129. The lowest BCUT2D eigenvalue weighted by atomic mass is 10.2. The Balaban J connectivity index is 2.45. The molecule has 1 rings (SSSR count). The minimum absolute atomic E-state index is 0.0908. The standard InChI is InChI=1S/C14H19FN2O3/c1-10(18)7-8-17(2)13(19)9-16-14(20)11-5-3-4-6-12(11)15/h3-6,10,18H,7-9H2,1-2H3,(H,16,20). The van der Waals surface area contributed by atoms with E-state index in [9.17, 15) is 14.0 Å². The average molecular weight is 282 g/mol. The van der Waals surface area contributed by atoms with Crippen LogP contribution in [0.25, 0.3) is 0 Å². The van der Waals surface area contributed by atoms with E-state index in [1.165, 1.54) is 23.1 Å². The molecule has 110 valence electrons. The van der Waals surface area contributed by atoms with E-state index in [1.54, 1.807) is 20.0 Å². The highest BCUT2D eigenvalue weighted by molar-refractivity contribution is 5.96. The zero-order valence-electron chi connectivity index (χ0n) is 11.6. The lowest BCUT2D eigenvalue weighted by Gasteiger charge is -2.18. The molecule has 0 bridgehead atoms. The molecule has 1 atom stereocenters. The molecule has 0 aliphatic rings. The Labute approximate surface area is 117 Å². The first-order chi connectivity index (χ1) is 9.41. The quantitative estimate of drug-likeness (QED) is 0.810. The van der Waals surface area contributed by atoms with Crippen LogP contribution in [0.2, 0.25) is 0 Å². The van der Waals surface area contributed by atoms with Gasteiger partial charge in [-0.1, -0.05) is 12.1 Å². The number of rotatable bonds is 6. The zero-order valence-corrected chi connectivity index (χ0v) is 11.6. The Kier molecular flexibility index (Phi) is 6.11. The number of nitrogens with one attached hydrogen (secondary N) is 1. The van der Waals surface area contributed by atoms with Gasteiger partial charge in [0.25, 0.3) is 5.91 Å². The molecule has 0 spiro atoms. The third-order valence-electron chi connectivity index (χ3n) is 2.83. The van der Waals surface area contributed by atoms with Crippen LogP contribution in [0.15, 0.2) is 24.3 Å². The number of aliphatic hydroxyl groups is 1. The number of carbonyl (C=O) groups excluding carboxylic acids is 2. The van der Waals surface area contributed by atoms with Gasteiger partial charge in [-0.3, -0.25) is 9.59 Å². The Morgan fingerprint density at radius 3 is 2.65 bits per heavy atom. The predicted octanol–water partition coefficient (Wildman–Crippen LogP) is 0.785. The van der Waals surface area contributed by atoms with Crippen molar-refractivity contribution in [3.8, 4) is 0 Å². The molecule has 20 heavy (non-hydrogen) atoms. The van der Waals surface area contributed by atoms with Gasteiger partial charge in [0.05, 0.1) is 18.2 Å². The van der Waals surface area contributed by atoms with E-state index >= 15 is 0 Å². The lowest BCUT2D eigenvalue weighted by Crippen LogP contribution is -2.39. The number of hydrogen-bond donors (Lipinski definition) is 2. The molecule has 0 saturated heterocycles. The van der Waals surface area contributed by atoms with Crippen molar-refractivity contribution in [1.82, 2.24) is 10.2 Å². The van der Waals surface area contributed by atoms with Gasteiger partial charge in [0.2, 0.25) is 5.91 Å². The Morgan fingerprint density at radius 1 is 1.40 bits per heavy atom. The van der Waals surface area contributed by atoms with Crippen molar-refractivity contribution in [2.24, 2.45) is 0 Å². The van der Waals surface area contributed by atoms with Gasteiger partial charge in [0.1, 0.15) is 5.82 Å². The van der Waals surface area contributed by atoms with Crippen molar-refractivity contribution in [3.63, 3.8) is 0 Å². The largest absolute Gasteiger partial charge is 0.393 e. The van der Waals surface area contributed by atoms with Crippen molar-refractivity contribution in [2.75, 3.05) is 20.1 Å². The summed E-state index contributed by atoms with van der Waals surface area (Å²) >= 11 is 0. The van der Waals surface area contributed by atoms with Crippen molar-refractivity contribution in [1.29, 1.82) is 0 Å². The molecule has 0 aromatic heterocycles. The summed E-state index contributed by atoms with van der Waals surface area (Å²) in [6, 6.07) is 5.58. The molecule has 6 heteroatoms. The van der Waals surface area contributed by atoms with Crippen LogP contribution in [-0.2, 0) is 4.79 Å². The number of halogens is 1. The molecule has 1 aromatic rings. The van der Waals surface area contributed by atoms with Gasteiger partial charge >= 0.3 is 0 Å². The summed E-state index contributed by atoms with van der Waals surface area (Å²) in [4.78, 5) is 24.8. The number of carbonyl (C=O) groups is 2. The van der Waals surface area contributed by atoms with E-state index < -0.39 is 17.8 Å². The number of aliphatic hydroxyl groups excluding tert-OH is 1. The fourth-order valence-electron chi connectivity index (χ4n) is 1.54. The second-order valence-corrected chi connectivity index (χ2v) is 4.62. The number of amides is 2. The Hall–Kier alpha value is -1.95. The molecular weight excluding hydrogens is 263 g/mol. The molecule has 5 nitrogen and oxygen atoms in total. The number of nitrogens with zero attached hydrogens (tertiary/aromatic N) is 1. The maximum Gasteiger partial charge on any atom is 0.254 e. The molecule has 0 fully saturated rings. The molecule has 1 aromatic carbocycles. The maximum atomic E-state index is 13.3. The van der Waals surface area contributed by atoms with E-state index in [4.69, 9.17) is 5.11 Å². The number of likely N-dealkylation sites (N-methyl/N-ethyl adjacent to an activating group) is 1. The summed E-state index contributed by atoms with van der Waals surface area (Å²) < 4.78 is 13.3. The summed E-state index contributed by atoms with van der Waals surface area (Å²) in [6.07, 6.45) is -0.0259. The monoisotopic (exact) mass is 282 g/mol. The Bertz CT molecular complexity index is 477. The smallest absolute Gasteiger partial charge is 0.254 e. The van der Waals surface area contributed by atoms with Gasteiger partial charge in [-0.2, -0.15) is 0 Å². The van der Waals surface area contributed by atoms with E-state index in [1.807, 2.05) is 0 Å². The average Bonchev–Trinajstić information content (AvgIpc) is 2.42. The number of benzene rings is 1. The van der Waals surface area contributed by atoms with Crippen molar-refractivity contribution in [3.05, 3.63) is 35.6 Å². The molecule has 0 heterocycles. The molecule has 0 aliphatic heterocycles. The Morgan fingerprint density at radius 2 is 2.05 bits per heavy atom. The highest BCUT2D eigenvalue weighted by Crippen LogP contribution is 2.05. The van der Waals surface area contributed by atoms with Crippen LogP contribution in [0.3, 0.4) is 0 Å². The molecular formula is C14H19FN2O3. The third kappa shape index (κ3) is 4.97. The van der Waals surface area contributed by atoms with E-state index in [0.29, 0.717) is 13.0 Å². The van der Waals surface area contributed by atoms with Crippen LogP contribution in [0.1, 0.15) is 23.7 Å². The summed E-state index contributed by atoms with van der Waals surface area (Å²) in [5.74, 6) is -1.55. The fraction of sp³-hybridized carbons (Fsp3) is 0.429. The van der Waals surface area contributed by atoms with Gasteiger partial charge < -0.3 is 15.3 Å². The molecule has 1 unspecified atom stereocenters. The molecule has 0 aliphatic carbocycles. The first-order valence-corrected chi connectivity index (χ1v) is 6.36. The molecule has 0 radical (unpaired) electrons. The van der Waals surface area contributed by atoms with E-state index in [2.05, 4.69) is 5.32 Å². The van der Waals surface area contributed by atoms with Gasteiger partial charge in [-0.05, 0) is 25.5 Å². The SMILES string of the molecule is CC(O)CCN(C)C(=O)CNC(=O)c1ccccc1F. The number of hydrogen-bond acceptors (Lipinski definition) is 3. The second kappa shape index (κ2) is 7.59. The van der Waals surface area contributed by atoms with Crippen LogP contribution < -0.4 is 5.32 Å². The van der Waals surface area contributed by atoms with Crippen molar-refractivity contribution >= 4 is 11.8 Å². The normalized spacial score (nSPS) is 11.8. The predicted molar refractivity (Wildman–Crippen MR) is 72.7 cm³/mol. The third-order valence-corrected chi connectivity index (χ3v) is 2.83.